The van der Waals surface area contributed by atoms with Crippen molar-refractivity contribution >= 4 is 33.8 Å². The van der Waals surface area contributed by atoms with Gasteiger partial charge in [-0.05, 0) is 41.8 Å². The summed E-state index contributed by atoms with van der Waals surface area (Å²) in [5, 5.41) is 0.750. The van der Waals surface area contributed by atoms with Crippen LogP contribution >= 0.6 is 11.6 Å². The molecule has 5 rings (SSSR count). The number of hydrogen-bond donors (Lipinski definition) is 1. The fourth-order valence-electron chi connectivity index (χ4n) is 4.09. The van der Waals surface area contributed by atoms with Crippen molar-refractivity contribution in [3.63, 3.8) is 0 Å². The maximum absolute atomic E-state index is 14.0. The predicted octanol–water partition coefficient (Wildman–Crippen LogP) is 4.06. The van der Waals surface area contributed by atoms with E-state index in [1.807, 2.05) is 6.07 Å². The van der Waals surface area contributed by atoms with Gasteiger partial charge in [0.2, 0.25) is 0 Å². The summed E-state index contributed by atoms with van der Waals surface area (Å²) in [6, 6.07) is 8.30. The van der Waals surface area contributed by atoms with Gasteiger partial charge in [0, 0.05) is 30.0 Å². The molecule has 1 amide bonds. The molecule has 1 aromatic carbocycles. The minimum atomic E-state index is -1.11. The average Bonchev–Trinajstić information content (AvgIpc) is 3.14. The van der Waals surface area contributed by atoms with Gasteiger partial charge in [-0.1, -0.05) is 11.6 Å². The van der Waals surface area contributed by atoms with Crippen molar-refractivity contribution in [1.29, 1.82) is 0 Å². The van der Waals surface area contributed by atoms with Crippen LogP contribution in [0.15, 0.2) is 47.4 Å². The predicted molar refractivity (Wildman–Crippen MR) is 111 cm³/mol. The van der Waals surface area contributed by atoms with E-state index < -0.39 is 23.2 Å². The van der Waals surface area contributed by atoms with Gasteiger partial charge in [0.25, 0.3) is 11.5 Å². The number of rotatable bonds is 2. The number of aromatic nitrogens is 2. The van der Waals surface area contributed by atoms with Crippen molar-refractivity contribution in [2.24, 2.45) is 0 Å². The second-order valence-corrected chi connectivity index (χ2v) is 7.86. The third-order valence-corrected chi connectivity index (χ3v) is 5.98. The van der Waals surface area contributed by atoms with E-state index >= 15 is 0 Å². The molecule has 6 nitrogen and oxygen atoms in total. The third kappa shape index (κ3) is 3.10. The van der Waals surface area contributed by atoms with Gasteiger partial charge in [-0.2, -0.15) is 0 Å². The van der Waals surface area contributed by atoms with E-state index in [9.17, 15) is 18.4 Å². The molecule has 1 aliphatic rings. The highest BCUT2D eigenvalue weighted by Gasteiger charge is 2.31. The Balaban J connectivity index is 1.62. The molecule has 4 aromatic rings. The summed E-state index contributed by atoms with van der Waals surface area (Å²) in [6.45, 7) is 0.241. The van der Waals surface area contributed by atoms with Crippen LogP contribution in [0.4, 0.5) is 8.78 Å². The number of carbonyl (C=O) groups excluding carboxylic acids is 1. The van der Waals surface area contributed by atoms with Crippen molar-refractivity contribution in [3.05, 3.63) is 86.6 Å². The first-order valence-electron chi connectivity index (χ1n) is 9.50. The molecule has 31 heavy (non-hydrogen) atoms. The van der Waals surface area contributed by atoms with Crippen LogP contribution in [-0.4, -0.2) is 33.8 Å². The quantitative estimate of drug-likeness (QED) is 0.508. The zero-order valence-electron chi connectivity index (χ0n) is 16.3. The number of ether oxygens (including phenoxy) is 1. The largest absolute Gasteiger partial charge is 0.373 e. The standard InChI is InChI=1S/C22H16ClF2N3O3/c1-27(22(30)11-2-3-12-4-5-19(23)28(12)8-11)18-10-31-9-17-20(18)13-6-15(24)16(25)7-14(13)21(29)26-17/h2-8,18H,9-10H2,1H3,(H,26,29). The minimum absolute atomic E-state index is 0.0194. The molecular weight excluding hydrogens is 428 g/mol. The fraction of sp³-hybridized carbons (Fsp3) is 0.182. The fourth-order valence-corrected chi connectivity index (χ4v) is 4.30. The molecule has 0 spiro atoms. The Morgan fingerprint density at radius 1 is 1.19 bits per heavy atom. The lowest BCUT2D eigenvalue weighted by Crippen LogP contribution is -2.37. The summed E-state index contributed by atoms with van der Waals surface area (Å²) in [5.41, 5.74) is 1.67. The number of halogens is 3. The first-order valence-corrected chi connectivity index (χ1v) is 9.88. The minimum Gasteiger partial charge on any atom is -0.373 e. The van der Waals surface area contributed by atoms with Crippen LogP contribution < -0.4 is 5.56 Å². The normalized spacial score (nSPS) is 15.9. The van der Waals surface area contributed by atoms with Crippen LogP contribution in [0.25, 0.3) is 16.3 Å². The van der Waals surface area contributed by atoms with Gasteiger partial charge in [-0.3, -0.25) is 9.59 Å². The molecule has 0 saturated carbocycles. The SMILES string of the molecule is CN(C(=O)c1ccc2ccc(Cl)n2c1)C1COCc2[nH]c(=O)c3cc(F)c(F)cc3c21. The third-order valence-electron chi connectivity index (χ3n) is 5.68. The zero-order valence-corrected chi connectivity index (χ0v) is 17.0. The van der Waals surface area contributed by atoms with Crippen molar-refractivity contribution in [2.45, 2.75) is 12.6 Å². The van der Waals surface area contributed by atoms with Crippen LogP contribution in [0.3, 0.4) is 0 Å². The second-order valence-electron chi connectivity index (χ2n) is 7.47. The molecule has 158 valence electrons. The molecule has 4 heterocycles. The smallest absolute Gasteiger partial charge is 0.256 e. The molecule has 1 atom stereocenters. The number of aromatic amines is 1. The Hall–Kier alpha value is -3.23. The molecule has 1 unspecified atom stereocenters. The van der Waals surface area contributed by atoms with Gasteiger partial charge in [0.1, 0.15) is 5.15 Å². The van der Waals surface area contributed by atoms with Crippen molar-refractivity contribution in [1.82, 2.24) is 14.3 Å². The first-order chi connectivity index (χ1) is 14.8. The number of pyridine rings is 2. The number of benzene rings is 1. The molecule has 1 N–H and O–H groups in total. The lowest BCUT2D eigenvalue weighted by Gasteiger charge is -2.34. The number of carbonyl (C=O) groups is 1. The molecular formula is C22H16ClF2N3O3. The van der Waals surface area contributed by atoms with Crippen molar-refractivity contribution in [2.75, 3.05) is 13.7 Å². The van der Waals surface area contributed by atoms with Crippen LogP contribution in [0.5, 0.6) is 0 Å². The molecule has 9 heteroatoms. The lowest BCUT2D eigenvalue weighted by molar-refractivity contribution is 0.0335. The average molecular weight is 444 g/mol. The highest BCUT2D eigenvalue weighted by molar-refractivity contribution is 6.30. The van der Waals surface area contributed by atoms with Gasteiger partial charge in [0.05, 0.1) is 30.2 Å². The number of nitrogens with one attached hydrogen (secondary N) is 1. The molecule has 1 aliphatic heterocycles. The maximum Gasteiger partial charge on any atom is 0.256 e. The Bertz CT molecular complexity index is 1430. The van der Waals surface area contributed by atoms with E-state index in [1.54, 1.807) is 35.8 Å². The summed E-state index contributed by atoms with van der Waals surface area (Å²) >= 11 is 6.17. The zero-order chi connectivity index (χ0) is 21.9. The van der Waals surface area contributed by atoms with Crippen LogP contribution in [0.2, 0.25) is 5.15 Å². The molecule has 0 radical (unpaired) electrons. The Labute approximate surface area is 179 Å². The summed E-state index contributed by atoms with van der Waals surface area (Å²) in [6.07, 6.45) is 1.64. The Kier molecular flexibility index (Phi) is 4.56. The maximum atomic E-state index is 14.0. The lowest BCUT2D eigenvalue weighted by atomic mass is 9.95. The van der Waals surface area contributed by atoms with Gasteiger partial charge in [-0.25, -0.2) is 8.78 Å². The van der Waals surface area contributed by atoms with Crippen molar-refractivity contribution < 1.29 is 18.3 Å². The van der Waals surface area contributed by atoms with Gasteiger partial charge in [0.15, 0.2) is 11.6 Å². The Morgan fingerprint density at radius 3 is 2.68 bits per heavy atom. The van der Waals surface area contributed by atoms with Crippen LogP contribution in [0, 0.1) is 11.6 Å². The Morgan fingerprint density at radius 2 is 1.90 bits per heavy atom. The van der Waals surface area contributed by atoms with Crippen LogP contribution in [-0.2, 0) is 11.3 Å². The molecule has 0 fully saturated rings. The summed E-state index contributed by atoms with van der Waals surface area (Å²) in [7, 11) is 1.60. The van der Waals surface area contributed by atoms with Gasteiger partial charge >= 0.3 is 0 Å². The highest BCUT2D eigenvalue weighted by Crippen LogP contribution is 2.34. The number of H-pyrrole nitrogens is 1. The van der Waals surface area contributed by atoms with E-state index in [1.165, 1.54) is 4.90 Å². The van der Waals surface area contributed by atoms with Gasteiger partial charge in [-0.15, -0.1) is 0 Å². The van der Waals surface area contributed by atoms with E-state index in [2.05, 4.69) is 4.98 Å². The van der Waals surface area contributed by atoms with Crippen LogP contribution in [0.1, 0.15) is 27.7 Å². The number of likely N-dealkylation sites (N-methyl/N-ethyl adjacent to an activating group) is 1. The first kappa shape index (κ1) is 19.7. The summed E-state index contributed by atoms with van der Waals surface area (Å²) < 4.78 is 35.1. The molecule has 3 aromatic heterocycles. The number of hydrogen-bond acceptors (Lipinski definition) is 3. The number of fused-ring (bicyclic) bond motifs is 4. The van der Waals surface area contributed by atoms with Crippen molar-refractivity contribution in [3.8, 4) is 0 Å². The molecule has 0 saturated heterocycles. The topological polar surface area (TPSA) is 66.8 Å². The van der Waals surface area contributed by atoms with E-state index in [-0.39, 0.29) is 29.9 Å². The monoisotopic (exact) mass is 443 g/mol. The second kappa shape index (κ2) is 7.18. The molecule has 0 bridgehead atoms. The summed E-state index contributed by atoms with van der Waals surface area (Å²) in [4.78, 5) is 29.8. The van der Waals surface area contributed by atoms with E-state index in [0.29, 0.717) is 22.0 Å². The van der Waals surface area contributed by atoms with Gasteiger partial charge < -0.3 is 19.0 Å². The highest BCUT2D eigenvalue weighted by atomic mass is 35.5. The molecule has 0 aliphatic carbocycles. The number of nitrogens with zero attached hydrogens (tertiary/aromatic N) is 2. The number of amides is 1. The van der Waals surface area contributed by atoms with E-state index in [4.69, 9.17) is 16.3 Å². The summed E-state index contributed by atoms with van der Waals surface area (Å²) in [5.74, 6) is -2.48. The van der Waals surface area contributed by atoms with E-state index in [0.717, 1.165) is 17.6 Å².